The van der Waals surface area contributed by atoms with E-state index in [1.807, 2.05) is 56.5 Å². The van der Waals surface area contributed by atoms with Crippen LogP contribution < -0.4 is 10.6 Å². The number of imidazole rings is 1. The Kier molecular flexibility index (Phi) is 7.07. The normalized spacial score (nSPS) is 11.5. The Hall–Kier alpha value is -3.19. The summed E-state index contributed by atoms with van der Waals surface area (Å²) in [5.74, 6) is 0.0983. The average molecular weight is 423 g/mol. The summed E-state index contributed by atoms with van der Waals surface area (Å²) in [5, 5.41) is 5.79. The molecular weight excluding hydrogens is 392 g/mol. The molecule has 0 aliphatic heterocycles. The van der Waals surface area contributed by atoms with Crippen LogP contribution in [-0.2, 0) is 16.1 Å². The molecule has 0 spiro atoms. The van der Waals surface area contributed by atoms with E-state index in [0.717, 1.165) is 17.5 Å². The standard InChI is InChI=1S/C24H30N4O3/c1-5-31-15-9-14-28-20-13-7-6-12-19(20)26-23(28)27-21(29)17-10-8-11-18(16-17)25-22(30)24(2,3)4/h6-8,10-13,16H,5,9,14-15H2,1-4H3,(H,25,30)(H,26,27,29). The highest BCUT2D eigenvalue weighted by molar-refractivity contribution is 6.05. The number of ether oxygens (including phenoxy) is 1. The first kappa shape index (κ1) is 22.5. The van der Waals surface area contributed by atoms with Crippen LogP contribution in [0.25, 0.3) is 11.0 Å². The molecule has 3 aromatic rings. The largest absolute Gasteiger partial charge is 0.382 e. The highest BCUT2D eigenvalue weighted by Gasteiger charge is 2.21. The van der Waals surface area contributed by atoms with Crippen LogP contribution in [0.4, 0.5) is 11.6 Å². The van der Waals surface area contributed by atoms with Crippen LogP contribution in [0.15, 0.2) is 48.5 Å². The Morgan fingerprint density at radius 1 is 1.06 bits per heavy atom. The van der Waals surface area contributed by atoms with Gasteiger partial charge in [-0.3, -0.25) is 14.9 Å². The Balaban J connectivity index is 1.80. The molecule has 0 saturated carbocycles. The van der Waals surface area contributed by atoms with E-state index in [-0.39, 0.29) is 11.8 Å². The second-order valence-corrected chi connectivity index (χ2v) is 8.37. The number of rotatable bonds is 8. The molecule has 0 atom stereocenters. The molecule has 164 valence electrons. The lowest BCUT2D eigenvalue weighted by Gasteiger charge is -2.18. The van der Waals surface area contributed by atoms with Gasteiger partial charge in [0.05, 0.1) is 11.0 Å². The maximum atomic E-state index is 13.0. The van der Waals surface area contributed by atoms with Gasteiger partial charge in [-0.1, -0.05) is 39.0 Å². The third kappa shape index (κ3) is 5.70. The summed E-state index contributed by atoms with van der Waals surface area (Å²) in [6.45, 7) is 9.50. The second kappa shape index (κ2) is 9.75. The number of aromatic nitrogens is 2. The van der Waals surface area contributed by atoms with Crippen molar-refractivity contribution in [2.45, 2.75) is 40.7 Å². The number of carbonyl (C=O) groups excluding carboxylic acids is 2. The molecule has 31 heavy (non-hydrogen) atoms. The number of amides is 2. The molecule has 3 rings (SSSR count). The molecule has 2 aromatic carbocycles. The minimum Gasteiger partial charge on any atom is -0.382 e. The predicted octanol–water partition coefficient (Wildman–Crippen LogP) is 4.70. The fourth-order valence-corrected chi connectivity index (χ4v) is 3.10. The molecule has 1 aromatic heterocycles. The van der Waals surface area contributed by atoms with E-state index in [1.165, 1.54) is 0 Å². The summed E-state index contributed by atoms with van der Waals surface area (Å²) in [7, 11) is 0. The van der Waals surface area contributed by atoms with Crippen LogP contribution in [0.5, 0.6) is 0 Å². The predicted molar refractivity (Wildman–Crippen MR) is 123 cm³/mol. The van der Waals surface area contributed by atoms with E-state index in [9.17, 15) is 9.59 Å². The van der Waals surface area contributed by atoms with E-state index >= 15 is 0 Å². The summed E-state index contributed by atoms with van der Waals surface area (Å²) >= 11 is 0. The zero-order chi connectivity index (χ0) is 22.4. The molecule has 0 aliphatic carbocycles. The lowest BCUT2D eigenvalue weighted by molar-refractivity contribution is -0.123. The first-order valence-corrected chi connectivity index (χ1v) is 10.6. The topological polar surface area (TPSA) is 85.2 Å². The summed E-state index contributed by atoms with van der Waals surface area (Å²) in [5.41, 5.74) is 2.28. The smallest absolute Gasteiger partial charge is 0.258 e. The molecule has 0 fully saturated rings. The molecule has 2 amide bonds. The number of fused-ring (bicyclic) bond motifs is 1. The number of para-hydroxylation sites is 2. The van der Waals surface area contributed by atoms with E-state index in [4.69, 9.17) is 4.74 Å². The van der Waals surface area contributed by atoms with Crippen molar-refractivity contribution in [3.63, 3.8) is 0 Å². The maximum Gasteiger partial charge on any atom is 0.258 e. The van der Waals surface area contributed by atoms with Crippen LogP contribution in [0.1, 0.15) is 44.5 Å². The summed E-state index contributed by atoms with van der Waals surface area (Å²) < 4.78 is 7.44. The summed E-state index contributed by atoms with van der Waals surface area (Å²) in [6, 6.07) is 14.7. The number of anilines is 2. The number of carbonyl (C=O) groups is 2. The Morgan fingerprint density at radius 2 is 1.84 bits per heavy atom. The quantitative estimate of drug-likeness (QED) is 0.515. The highest BCUT2D eigenvalue weighted by Crippen LogP contribution is 2.22. The van der Waals surface area contributed by atoms with Crippen LogP contribution in [0, 0.1) is 5.41 Å². The third-order valence-corrected chi connectivity index (χ3v) is 4.82. The summed E-state index contributed by atoms with van der Waals surface area (Å²) in [6.07, 6.45) is 0.811. The number of hydrogen-bond donors (Lipinski definition) is 2. The van der Waals surface area contributed by atoms with Gasteiger partial charge in [0, 0.05) is 36.4 Å². The molecule has 0 bridgehead atoms. The van der Waals surface area contributed by atoms with Crippen molar-refractivity contribution in [1.29, 1.82) is 0 Å². The van der Waals surface area contributed by atoms with Gasteiger partial charge >= 0.3 is 0 Å². The molecule has 7 nitrogen and oxygen atoms in total. The highest BCUT2D eigenvalue weighted by atomic mass is 16.5. The summed E-state index contributed by atoms with van der Waals surface area (Å²) in [4.78, 5) is 29.8. The lowest BCUT2D eigenvalue weighted by Crippen LogP contribution is -2.27. The fourth-order valence-electron chi connectivity index (χ4n) is 3.10. The molecule has 7 heteroatoms. The van der Waals surface area contributed by atoms with Gasteiger partial charge in [-0.05, 0) is 43.7 Å². The zero-order valence-electron chi connectivity index (χ0n) is 18.6. The van der Waals surface area contributed by atoms with E-state index in [0.29, 0.717) is 37.0 Å². The number of nitrogens with one attached hydrogen (secondary N) is 2. The molecule has 2 N–H and O–H groups in total. The fraction of sp³-hybridized carbons (Fsp3) is 0.375. The van der Waals surface area contributed by atoms with Gasteiger partial charge in [-0.2, -0.15) is 0 Å². The van der Waals surface area contributed by atoms with Crippen molar-refractivity contribution in [1.82, 2.24) is 9.55 Å². The molecule has 0 unspecified atom stereocenters. The number of nitrogens with zero attached hydrogens (tertiary/aromatic N) is 2. The Labute approximate surface area is 182 Å². The van der Waals surface area contributed by atoms with Crippen molar-refractivity contribution >= 4 is 34.5 Å². The van der Waals surface area contributed by atoms with Gasteiger partial charge in [0.1, 0.15) is 0 Å². The Bertz CT molecular complexity index is 1070. The number of hydrogen-bond acceptors (Lipinski definition) is 4. The van der Waals surface area contributed by atoms with Crippen LogP contribution in [0.3, 0.4) is 0 Å². The first-order valence-electron chi connectivity index (χ1n) is 10.6. The number of benzene rings is 2. The van der Waals surface area contributed by atoms with Crippen molar-refractivity contribution in [2.75, 3.05) is 23.8 Å². The molecular formula is C24H30N4O3. The zero-order valence-corrected chi connectivity index (χ0v) is 18.6. The Morgan fingerprint density at radius 3 is 2.58 bits per heavy atom. The van der Waals surface area contributed by atoms with Crippen LogP contribution >= 0.6 is 0 Å². The monoisotopic (exact) mass is 422 g/mol. The van der Waals surface area contributed by atoms with Crippen LogP contribution in [-0.4, -0.2) is 34.6 Å². The van der Waals surface area contributed by atoms with Gasteiger partial charge < -0.3 is 14.6 Å². The molecule has 0 aliphatic rings. The SMILES string of the molecule is CCOCCCn1c(NC(=O)c2cccc(NC(=O)C(C)(C)C)c2)nc2ccccc21. The minimum atomic E-state index is -0.523. The lowest BCUT2D eigenvalue weighted by atomic mass is 9.95. The van der Waals surface area contributed by atoms with Crippen molar-refractivity contribution in [3.05, 3.63) is 54.1 Å². The van der Waals surface area contributed by atoms with Crippen molar-refractivity contribution in [3.8, 4) is 0 Å². The minimum absolute atomic E-state index is 0.110. The average Bonchev–Trinajstić information content (AvgIpc) is 3.07. The van der Waals surface area contributed by atoms with E-state index in [1.54, 1.807) is 24.3 Å². The molecule has 0 radical (unpaired) electrons. The van der Waals surface area contributed by atoms with Crippen molar-refractivity contribution in [2.24, 2.45) is 5.41 Å². The molecule has 0 saturated heterocycles. The third-order valence-electron chi connectivity index (χ3n) is 4.82. The van der Waals surface area contributed by atoms with E-state index in [2.05, 4.69) is 15.6 Å². The van der Waals surface area contributed by atoms with Gasteiger partial charge in [0.25, 0.3) is 5.91 Å². The van der Waals surface area contributed by atoms with E-state index < -0.39 is 5.41 Å². The van der Waals surface area contributed by atoms with Crippen LogP contribution in [0.2, 0.25) is 0 Å². The maximum absolute atomic E-state index is 13.0. The molecule has 1 heterocycles. The van der Waals surface area contributed by atoms with Gasteiger partial charge in [0.15, 0.2) is 0 Å². The number of aryl methyl sites for hydroxylation is 1. The first-order chi connectivity index (χ1) is 14.8. The second-order valence-electron chi connectivity index (χ2n) is 8.37. The van der Waals surface area contributed by atoms with Gasteiger partial charge in [0.2, 0.25) is 11.9 Å². The van der Waals surface area contributed by atoms with Crippen molar-refractivity contribution < 1.29 is 14.3 Å². The van der Waals surface area contributed by atoms with Gasteiger partial charge in [-0.25, -0.2) is 4.98 Å². The van der Waals surface area contributed by atoms with Gasteiger partial charge in [-0.15, -0.1) is 0 Å².